The molecule has 0 aliphatic heterocycles. The van der Waals surface area contributed by atoms with Gasteiger partial charge in [-0.05, 0) is 57.8 Å². The molecular weight excluding hydrogens is 1330 g/mol. The van der Waals surface area contributed by atoms with E-state index >= 15 is 0 Å². The lowest BCUT2D eigenvalue weighted by Crippen LogP contribution is -2.30. The van der Waals surface area contributed by atoms with Crippen LogP contribution in [0.3, 0.4) is 0 Å². The molecule has 0 saturated heterocycles. The number of ether oxygens (including phenoxy) is 4. The lowest BCUT2D eigenvalue weighted by atomic mass is 10.0. The second-order valence-electron chi connectivity index (χ2n) is 29.2. The van der Waals surface area contributed by atoms with Gasteiger partial charge in [0, 0.05) is 25.7 Å². The Morgan fingerprint density at radius 3 is 0.745 bits per heavy atom. The van der Waals surface area contributed by atoms with Gasteiger partial charge >= 0.3 is 39.5 Å². The first-order valence-corrected chi connectivity index (χ1v) is 45.6. The van der Waals surface area contributed by atoms with Gasteiger partial charge in [-0.25, -0.2) is 9.13 Å². The average Bonchev–Trinajstić information content (AvgIpc) is 0.907. The Morgan fingerprint density at radius 1 is 0.275 bits per heavy atom. The van der Waals surface area contributed by atoms with Crippen LogP contribution in [-0.4, -0.2) is 96.7 Å². The summed E-state index contributed by atoms with van der Waals surface area (Å²) in [6.45, 7) is 4.98. The number of aliphatic hydroxyl groups is 1. The van der Waals surface area contributed by atoms with Crippen molar-refractivity contribution in [2.45, 2.75) is 444 Å². The number of hydrogen-bond donors (Lipinski definition) is 3. The van der Waals surface area contributed by atoms with E-state index < -0.39 is 97.5 Å². The van der Waals surface area contributed by atoms with Crippen molar-refractivity contribution in [3.05, 3.63) is 24.3 Å². The van der Waals surface area contributed by atoms with E-state index in [-0.39, 0.29) is 25.7 Å². The Labute approximate surface area is 624 Å². The predicted molar refractivity (Wildman–Crippen MR) is 418 cm³/mol. The van der Waals surface area contributed by atoms with Crippen LogP contribution in [0, 0.1) is 0 Å². The molecule has 0 rings (SSSR count). The van der Waals surface area contributed by atoms with Gasteiger partial charge in [0.1, 0.15) is 19.3 Å². The van der Waals surface area contributed by atoms with Gasteiger partial charge in [-0.2, -0.15) is 0 Å². The molecule has 0 radical (unpaired) electrons. The minimum absolute atomic E-state index is 0.0878. The summed E-state index contributed by atoms with van der Waals surface area (Å²) < 4.78 is 68.8. The second kappa shape index (κ2) is 76.7. The molecule has 0 aliphatic rings. The summed E-state index contributed by atoms with van der Waals surface area (Å²) in [6.07, 6.45) is 72.8. The monoisotopic (exact) mass is 1490 g/mol. The van der Waals surface area contributed by atoms with E-state index in [1.54, 1.807) is 0 Å². The van der Waals surface area contributed by atoms with Crippen molar-refractivity contribution in [2.75, 3.05) is 39.6 Å². The number of unbranched alkanes of at least 4 members (excludes halogenated alkanes) is 52. The third kappa shape index (κ3) is 75.8. The summed E-state index contributed by atoms with van der Waals surface area (Å²) in [4.78, 5) is 73.1. The maximum atomic E-state index is 13.1. The van der Waals surface area contributed by atoms with Crippen molar-refractivity contribution in [3.63, 3.8) is 0 Å². The quantitative estimate of drug-likeness (QED) is 0.0169. The average molecular weight is 1490 g/mol. The van der Waals surface area contributed by atoms with E-state index in [0.29, 0.717) is 25.7 Å². The largest absolute Gasteiger partial charge is 0.472 e. The zero-order valence-electron chi connectivity index (χ0n) is 66.1. The maximum absolute atomic E-state index is 13.1. The summed E-state index contributed by atoms with van der Waals surface area (Å²) in [7, 11) is -9.93. The van der Waals surface area contributed by atoms with Crippen LogP contribution in [0.25, 0.3) is 0 Å². The fourth-order valence-corrected chi connectivity index (χ4v) is 14.0. The molecule has 0 aromatic carbocycles. The van der Waals surface area contributed by atoms with Crippen LogP contribution < -0.4 is 0 Å². The molecule has 0 bridgehead atoms. The smallest absolute Gasteiger partial charge is 0.462 e. The van der Waals surface area contributed by atoms with Gasteiger partial charge in [0.05, 0.1) is 26.4 Å². The summed E-state index contributed by atoms with van der Waals surface area (Å²) >= 11 is 0. The molecule has 0 spiro atoms. The van der Waals surface area contributed by atoms with Gasteiger partial charge in [-0.3, -0.25) is 37.3 Å². The first kappa shape index (κ1) is 99.5. The standard InChI is InChI=1S/C83H158O17P2/c1-5-9-13-17-21-25-29-33-36-38-41-44-47-51-55-59-63-67-80(85)93-73-78(99-82(87)69-65-61-57-53-49-43-32-28-24-20-16-12-8-4)75-97-101(89,90)95-71-77(84)72-96-102(91,92)98-76-79(100-83(88)70-66-62-58-54-50-46-40-35-31-27-23-19-15-11-7-3)74-94-81(86)68-64-60-56-52-48-45-42-39-37-34-30-26-22-18-14-10-6-2/h23,27,35,40,77-79,84H,5-22,24-26,28-34,36-39,41-76H2,1-4H3,(H,89,90)(H,91,92)/b27-23-,40-35-/t77-,78-,79-/m1/s1. The van der Waals surface area contributed by atoms with Crippen LogP contribution in [0.15, 0.2) is 24.3 Å². The number of phosphoric acid groups is 2. The number of rotatable bonds is 82. The lowest BCUT2D eigenvalue weighted by molar-refractivity contribution is -0.161. The van der Waals surface area contributed by atoms with Crippen molar-refractivity contribution in [1.29, 1.82) is 0 Å². The number of carbonyl (C=O) groups is 4. The van der Waals surface area contributed by atoms with E-state index in [2.05, 4.69) is 52.0 Å². The van der Waals surface area contributed by atoms with E-state index in [4.69, 9.17) is 37.0 Å². The van der Waals surface area contributed by atoms with E-state index in [9.17, 15) is 43.2 Å². The molecule has 2 unspecified atom stereocenters. The van der Waals surface area contributed by atoms with Crippen molar-refractivity contribution in [3.8, 4) is 0 Å². The van der Waals surface area contributed by atoms with Gasteiger partial charge in [0.15, 0.2) is 12.2 Å². The number of carbonyl (C=O) groups excluding carboxylic acids is 4. The lowest BCUT2D eigenvalue weighted by Gasteiger charge is -2.21. The normalized spacial score (nSPS) is 13.9. The number of allylic oxidation sites excluding steroid dienone is 4. The van der Waals surface area contributed by atoms with Crippen molar-refractivity contribution >= 4 is 39.5 Å². The highest BCUT2D eigenvalue weighted by molar-refractivity contribution is 7.47. The van der Waals surface area contributed by atoms with Gasteiger partial charge in [-0.1, -0.05) is 367 Å². The highest BCUT2D eigenvalue weighted by Crippen LogP contribution is 2.45. The van der Waals surface area contributed by atoms with Crippen molar-refractivity contribution in [1.82, 2.24) is 0 Å². The van der Waals surface area contributed by atoms with Gasteiger partial charge < -0.3 is 33.8 Å². The molecule has 0 saturated carbocycles. The summed E-state index contributed by atoms with van der Waals surface area (Å²) in [5.74, 6) is -2.13. The molecule has 602 valence electrons. The number of esters is 4. The fourth-order valence-electron chi connectivity index (χ4n) is 12.4. The molecule has 102 heavy (non-hydrogen) atoms. The Morgan fingerprint density at radius 2 is 0.480 bits per heavy atom. The van der Waals surface area contributed by atoms with Crippen LogP contribution in [0.2, 0.25) is 0 Å². The molecule has 19 heteroatoms. The van der Waals surface area contributed by atoms with Gasteiger partial charge in [-0.15, -0.1) is 0 Å². The van der Waals surface area contributed by atoms with E-state index in [1.165, 1.54) is 238 Å². The van der Waals surface area contributed by atoms with Crippen LogP contribution in [0.4, 0.5) is 0 Å². The number of aliphatic hydroxyl groups excluding tert-OH is 1. The maximum Gasteiger partial charge on any atom is 0.472 e. The van der Waals surface area contributed by atoms with Crippen LogP contribution in [0.5, 0.6) is 0 Å². The van der Waals surface area contributed by atoms with Gasteiger partial charge in [0.2, 0.25) is 0 Å². The highest BCUT2D eigenvalue weighted by atomic mass is 31.2. The van der Waals surface area contributed by atoms with Crippen LogP contribution >= 0.6 is 15.6 Å². The zero-order chi connectivity index (χ0) is 74.6. The Hall–Kier alpha value is -2.46. The van der Waals surface area contributed by atoms with Crippen LogP contribution in [0.1, 0.15) is 426 Å². The van der Waals surface area contributed by atoms with Crippen molar-refractivity contribution < 1.29 is 80.2 Å². The molecule has 0 aliphatic carbocycles. The molecule has 0 aromatic heterocycles. The highest BCUT2D eigenvalue weighted by Gasteiger charge is 2.30. The summed E-state index contributed by atoms with van der Waals surface area (Å²) in [5.41, 5.74) is 0. The van der Waals surface area contributed by atoms with Crippen molar-refractivity contribution in [2.24, 2.45) is 0 Å². The molecule has 3 N–H and O–H groups in total. The van der Waals surface area contributed by atoms with Gasteiger partial charge in [0.25, 0.3) is 0 Å². The molecular formula is C83H158O17P2. The molecule has 5 atom stereocenters. The third-order valence-electron chi connectivity index (χ3n) is 18.9. The molecule has 0 heterocycles. The van der Waals surface area contributed by atoms with E-state index in [0.717, 1.165) is 109 Å². The topological polar surface area (TPSA) is 237 Å². The van der Waals surface area contributed by atoms with E-state index in [1.807, 2.05) is 0 Å². The minimum Gasteiger partial charge on any atom is -0.462 e. The third-order valence-corrected chi connectivity index (χ3v) is 20.9. The fraction of sp³-hybridized carbons (Fsp3) is 0.904. The molecule has 0 amide bonds. The summed E-state index contributed by atoms with van der Waals surface area (Å²) in [6, 6.07) is 0. The Balaban J connectivity index is 5.28. The first-order chi connectivity index (χ1) is 49.7. The Kier molecular flexibility index (Phi) is 74.9. The second-order valence-corrected chi connectivity index (χ2v) is 32.1. The first-order valence-electron chi connectivity index (χ1n) is 42.6. The molecule has 17 nitrogen and oxygen atoms in total. The number of phosphoric ester groups is 2. The Bertz CT molecular complexity index is 2020. The minimum atomic E-state index is -4.97. The predicted octanol–water partition coefficient (Wildman–Crippen LogP) is 24.9. The number of hydrogen-bond acceptors (Lipinski definition) is 15. The SMILES string of the molecule is CCCCC/C=C\C/C=C\CCCCCCCC(=O)O[C@H](COC(=O)CCCCCCCCCCCCCCCCCCC)COP(=O)(O)OC[C@H](O)COP(=O)(O)OC[C@@H](COC(=O)CCCCCCCCCCCCCCCCCCC)OC(=O)CCCCCCCCCCCCCCC. The van der Waals surface area contributed by atoms with Crippen LogP contribution in [-0.2, 0) is 65.4 Å². The zero-order valence-corrected chi connectivity index (χ0v) is 67.9. The molecule has 0 aromatic rings. The molecule has 0 fully saturated rings. The summed E-state index contributed by atoms with van der Waals surface area (Å²) in [5, 5.41) is 10.7.